The second-order valence-electron chi connectivity index (χ2n) is 13.7. The van der Waals surface area contributed by atoms with Crippen LogP contribution in [0.4, 0.5) is 9.59 Å². The third-order valence-electron chi connectivity index (χ3n) is 8.00. The van der Waals surface area contributed by atoms with Crippen molar-refractivity contribution in [3.8, 4) is 10.6 Å². The van der Waals surface area contributed by atoms with Gasteiger partial charge in [-0.2, -0.15) is 0 Å². The highest BCUT2D eigenvalue weighted by molar-refractivity contribution is 7.20. The monoisotopic (exact) mass is 617 g/mol. The Morgan fingerprint density at radius 1 is 1.14 bits per heavy atom. The Morgan fingerprint density at radius 2 is 1.91 bits per heavy atom. The molecule has 1 amide bonds. The molecule has 0 saturated heterocycles. The fraction of sp³-hybridized carbons (Fsp3) is 0.469. The van der Waals surface area contributed by atoms with E-state index < -0.39 is 17.8 Å². The lowest BCUT2D eigenvalue weighted by Gasteiger charge is -2.34. The Labute approximate surface area is 260 Å². The zero-order valence-electron chi connectivity index (χ0n) is 26.1. The number of ether oxygens (including phenoxy) is 1. The summed E-state index contributed by atoms with van der Waals surface area (Å²) in [7, 11) is 0. The van der Waals surface area contributed by atoms with E-state index in [4.69, 9.17) is 4.74 Å². The van der Waals surface area contributed by atoms with Crippen LogP contribution in [0.5, 0.6) is 0 Å². The summed E-state index contributed by atoms with van der Waals surface area (Å²) in [5.74, 6) is 0.391. The molecule has 232 valence electrons. The topological polar surface area (TPSA) is 120 Å². The predicted molar refractivity (Wildman–Crippen MR) is 169 cm³/mol. The molecular formula is C32H39N7O4S. The smallest absolute Gasteiger partial charge is 0.416 e. The number of hydrogen-bond donors (Lipinski definition) is 1. The molecule has 1 N–H and O–H groups in total. The number of amides is 1. The van der Waals surface area contributed by atoms with Gasteiger partial charge in [-0.25, -0.2) is 23.8 Å². The quantitative estimate of drug-likeness (QED) is 0.208. The molecule has 1 aliphatic carbocycles. The first-order valence-electron chi connectivity index (χ1n) is 15.0. The molecule has 0 bridgehead atoms. The van der Waals surface area contributed by atoms with Crippen molar-refractivity contribution in [2.75, 3.05) is 6.54 Å². The molecular weight excluding hydrogens is 578 g/mol. The van der Waals surface area contributed by atoms with Crippen LogP contribution in [0.2, 0.25) is 0 Å². The van der Waals surface area contributed by atoms with Gasteiger partial charge in [-0.15, -0.1) is 16.4 Å². The maximum Gasteiger partial charge on any atom is 0.416 e. The van der Waals surface area contributed by atoms with E-state index in [2.05, 4.69) is 36.1 Å². The van der Waals surface area contributed by atoms with Gasteiger partial charge in [-0.05, 0) is 62.1 Å². The Kier molecular flexibility index (Phi) is 7.51. The Balaban J connectivity index is 1.37. The van der Waals surface area contributed by atoms with Crippen molar-refractivity contribution in [1.82, 2.24) is 33.8 Å². The number of carbonyl (C=O) groups excluding carboxylic acids is 1. The maximum atomic E-state index is 13.4. The van der Waals surface area contributed by atoms with Crippen LogP contribution in [0.3, 0.4) is 0 Å². The lowest BCUT2D eigenvalue weighted by atomic mass is 9.83. The number of thiazole rings is 1. The largest absolute Gasteiger partial charge is 0.464 e. The van der Waals surface area contributed by atoms with Crippen molar-refractivity contribution in [2.45, 2.75) is 84.9 Å². The molecule has 12 heteroatoms. The van der Waals surface area contributed by atoms with E-state index in [0.29, 0.717) is 30.2 Å². The average molecular weight is 618 g/mol. The minimum absolute atomic E-state index is 0.145. The van der Waals surface area contributed by atoms with Crippen LogP contribution in [0, 0.1) is 5.92 Å². The molecule has 6 rings (SSSR count). The fourth-order valence-electron chi connectivity index (χ4n) is 5.92. The molecule has 0 radical (unpaired) electrons. The van der Waals surface area contributed by atoms with Crippen molar-refractivity contribution in [1.29, 1.82) is 0 Å². The van der Waals surface area contributed by atoms with Gasteiger partial charge < -0.3 is 14.7 Å². The Morgan fingerprint density at radius 3 is 2.55 bits per heavy atom. The van der Waals surface area contributed by atoms with Crippen molar-refractivity contribution >= 4 is 39.3 Å². The van der Waals surface area contributed by atoms with Gasteiger partial charge in [0.1, 0.15) is 16.1 Å². The van der Waals surface area contributed by atoms with Crippen LogP contribution in [0.25, 0.3) is 26.3 Å². The number of fused-ring (bicyclic) bond motifs is 2. The van der Waals surface area contributed by atoms with Gasteiger partial charge in [-0.3, -0.25) is 4.40 Å². The number of rotatable bonds is 7. The standard InChI is InChI=1S/C32H39N7O4S/c1-31(2,3)28-22-11-10-21(15-38-16-23(34-35-38)26-18-37-19-33-13-27(37)44-26)12-24(22)39(29(40)41)25(28)17-36(14-20-8-7-9-20)30(42)43-32(4,5)6/h10-13,16,18-20H,7-9,14-15,17H2,1-6H3,(H,40,41). The molecule has 1 fully saturated rings. The summed E-state index contributed by atoms with van der Waals surface area (Å²) in [5, 5.41) is 20.1. The highest BCUT2D eigenvalue weighted by Gasteiger charge is 2.33. The van der Waals surface area contributed by atoms with E-state index in [0.717, 1.165) is 51.2 Å². The van der Waals surface area contributed by atoms with E-state index in [1.54, 1.807) is 27.2 Å². The zero-order chi connectivity index (χ0) is 31.4. The number of carbonyl (C=O) groups is 2. The molecule has 0 aliphatic heterocycles. The van der Waals surface area contributed by atoms with Gasteiger partial charge in [0.25, 0.3) is 0 Å². The first-order chi connectivity index (χ1) is 20.8. The maximum absolute atomic E-state index is 13.4. The van der Waals surface area contributed by atoms with Gasteiger partial charge in [0, 0.05) is 18.1 Å². The van der Waals surface area contributed by atoms with Gasteiger partial charge in [0.05, 0.1) is 47.9 Å². The zero-order valence-corrected chi connectivity index (χ0v) is 26.9. The molecule has 4 aromatic heterocycles. The molecule has 1 aromatic carbocycles. The summed E-state index contributed by atoms with van der Waals surface area (Å²) >= 11 is 1.59. The fourth-order valence-corrected chi connectivity index (χ4v) is 6.82. The summed E-state index contributed by atoms with van der Waals surface area (Å²) in [6, 6.07) is 5.91. The van der Waals surface area contributed by atoms with Gasteiger partial charge in [0.15, 0.2) is 0 Å². The summed E-state index contributed by atoms with van der Waals surface area (Å²) in [6.45, 7) is 12.9. The van der Waals surface area contributed by atoms with Crippen LogP contribution in [-0.4, -0.2) is 63.3 Å². The summed E-state index contributed by atoms with van der Waals surface area (Å²) in [4.78, 5) is 34.2. The molecule has 1 aliphatic rings. The van der Waals surface area contributed by atoms with Gasteiger partial charge >= 0.3 is 12.2 Å². The van der Waals surface area contributed by atoms with Crippen LogP contribution in [0.1, 0.15) is 77.6 Å². The molecule has 5 aromatic rings. The van der Waals surface area contributed by atoms with Crippen LogP contribution in [-0.2, 0) is 23.2 Å². The number of imidazole rings is 1. The molecule has 1 saturated carbocycles. The van der Waals surface area contributed by atoms with Gasteiger partial charge in [0.2, 0.25) is 0 Å². The van der Waals surface area contributed by atoms with Crippen LogP contribution in [0.15, 0.2) is 43.1 Å². The van der Waals surface area contributed by atoms with Crippen molar-refractivity contribution in [3.63, 3.8) is 0 Å². The Bertz CT molecular complexity index is 1820. The summed E-state index contributed by atoms with van der Waals surface area (Å²) < 4.78 is 10.8. The number of carboxylic acid groups (broad SMARTS) is 1. The predicted octanol–water partition coefficient (Wildman–Crippen LogP) is 7.02. The molecule has 44 heavy (non-hydrogen) atoms. The number of aromatic nitrogens is 6. The molecule has 11 nitrogen and oxygen atoms in total. The first kappa shape index (κ1) is 29.9. The first-order valence-corrected chi connectivity index (χ1v) is 15.8. The molecule has 4 heterocycles. The highest BCUT2D eigenvalue weighted by atomic mass is 32.1. The Hall–Kier alpha value is -4.19. The van der Waals surface area contributed by atoms with E-state index in [-0.39, 0.29) is 12.0 Å². The third kappa shape index (κ3) is 5.95. The van der Waals surface area contributed by atoms with Crippen molar-refractivity contribution < 1.29 is 19.4 Å². The van der Waals surface area contributed by atoms with E-state index >= 15 is 0 Å². The average Bonchev–Trinajstić information content (AvgIpc) is 3.65. The van der Waals surface area contributed by atoms with Gasteiger partial charge in [-0.1, -0.05) is 44.5 Å². The van der Waals surface area contributed by atoms with Crippen molar-refractivity contribution in [2.24, 2.45) is 5.92 Å². The minimum Gasteiger partial charge on any atom is -0.464 e. The van der Waals surface area contributed by atoms with Crippen molar-refractivity contribution in [3.05, 3.63) is 59.9 Å². The summed E-state index contributed by atoms with van der Waals surface area (Å²) in [6.07, 6.45) is 9.19. The minimum atomic E-state index is -1.09. The lowest BCUT2D eigenvalue weighted by Crippen LogP contribution is -2.41. The molecule has 0 unspecified atom stereocenters. The molecule has 0 atom stereocenters. The normalized spacial score (nSPS) is 14.3. The number of nitrogens with zero attached hydrogens (tertiary/aromatic N) is 7. The van der Waals surface area contributed by atoms with E-state index in [1.165, 1.54) is 4.57 Å². The van der Waals surface area contributed by atoms with E-state index in [9.17, 15) is 14.7 Å². The summed E-state index contributed by atoms with van der Waals surface area (Å²) in [5.41, 5.74) is 2.70. The second kappa shape index (κ2) is 11.1. The highest BCUT2D eigenvalue weighted by Crippen LogP contribution is 2.38. The SMILES string of the molecule is CC(C)(C)OC(=O)N(Cc1c(C(C)(C)C)c2ccc(Cn3cc(-c4cn5cncc5s4)nn3)cc2n1C(=O)O)CC1CCC1. The van der Waals surface area contributed by atoms with Crippen LogP contribution < -0.4 is 0 Å². The second-order valence-corrected chi connectivity index (χ2v) is 14.8. The molecule has 0 spiro atoms. The van der Waals surface area contributed by atoms with E-state index in [1.807, 2.05) is 62.0 Å². The van der Waals surface area contributed by atoms with Crippen LogP contribution >= 0.6 is 11.3 Å². The lowest BCUT2D eigenvalue weighted by molar-refractivity contribution is 0.0167. The number of hydrogen-bond acceptors (Lipinski definition) is 7. The number of benzene rings is 1. The third-order valence-corrected chi connectivity index (χ3v) is 9.06.